The summed E-state index contributed by atoms with van der Waals surface area (Å²) in [4.78, 5) is 16.6. The second-order valence-corrected chi connectivity index (χ2v) is 7.15. The Bertz CT molecular complexity index is 943. The van der Waals surface area contributed by atoms with Gasteiger partial charge >= 0.3 is 0 Å². The molecule has 1 N–H and O–H groups in total. The number of methoxy groups -OCH3 is 1. The fourth-order valence-electron chi connectivity index (χ4n) is 2.94. The molecular formula is C23H26N2O3. The molecule has 3 aromatic rings. The predicted molar refractivity (Wildman–Crippen MR) is 111 cm³/mol. The molecule has 0 aliphatic carbocycles. The summed E-state index contributed by atoms with van der Waals surface area (Å²) in [5.41, 5.74) is 3.99. The first kappa shape index (κ1) is 19.7. The van der Waals surface area contributed by atoms with E-state index in [1.165, 1.54) is 5.56 Å². The molecule has 28 heavy (non-hydrogen) atoms. The van der Waals surface area contributed by atoms with Gasteiger partial charge in [-0.05, 0) is 36.1 Å². The van der Waals surface area contributed by atoms with Crippen molar-refractivity contribution in [2.24, 2.45) is 0 Å². The van der Waals surface area contributed by atoms with Crippen molar-refractivity contribution in [3.63, 3.8) is 0 Å². The number of nitrogens with one attached hydrogen (secondary N) is 1. The minimum Gasteiger partial charge on any atom is -0.495 e. The van der Waals surface area contributed by atoms with E-state index in [4.69, 9.17) is 9.15 Å². The van der Waals surface area contributed by atoms with Crippen LogP contribution < -0.4 is 10.1 Å². The van der Waals surface area contributed by atoms with Crippen molar-refractivity contribution in [1.82, 2.24) is 4.98 Å². The SMILES string of the molecule is COc1ccc(C)cc1NC(=O)CCc1ncc(-c2ccc(C(C)C)cc2)o1. The molecule has 0 unspecified atom stereocenters. The van der Waals surface area contributed by atoms with Crippen LogP contribution in [0, 0.1) is 6.92 Å². The standard InChI is InChI=1S/C23H26N2O3/c1-15(2)17-6-8-18(9-7-17)21-14-24-23(28-21)12-11-22(26)25-19-13-16(3)5-10-20(19)27-4/h5-10,13-15H,11-12H2,1-4H3,(H,25,26). The van der Waals surface area contributed by atoms with Crippen LogP contribution in [0.3, 0.4) is 0 Å². The summed E-state index contributed by atoms with van der Waals surface area (Å²) in [5, 5.41) is 2.89. The Labute approximate surface area is 165 Å². The maximum absolute atomic E-state index is 12.3. The molecule has 5 heteroatoms. The van der Waals surface area contributed by atoms with Crippen molar-refractivity contribution in [3.8, 4) is 17.1 Å². The Hall–Kier alpha value is -3.08. The third kappa shape index (κ3) is 4.80. The summed E-state index contributed by atoms with van der Waals surface area (Å²) in [6.45, 7) is 6.30. The number of ether oxygens (including phenoxy) is 1. The largest absolute Gasteiger partial charge is 0.495 e. The van der Waals surface area contributed by atoms with Crippen LogP contribution in [0.4, 0.5) is 5.69 Å². The maximum atomic E-state index is 12.3. The van der Waals surface area contributed by atoms with Crippen molar-refractivity contribution >= 4 is 11.6 Å². The Kier molecular flexibility index (Phi) is 6.14. The molecule has 5 nitrogen and oxygen atoms in total. The van der Waals surface area contributed by atoms with Gasteiger partial charge in [-0.2, -0.15) is 0 Å². The first-order valence-electron chi connectivity index (χ1n) is 9.46. The second-order valence-electron chi connectivity index (χ2n) is 7.15. The number of rotatable bonds is 7. The summed E-state index contributed by atoms with van der Waals surface area (Å²) < 4.78 is 11.1. The zero-order chi connectivity index (χ0) is 20.1. The predicted octanol–water partition coefficient (Wildman–Crippen LogP) is 5.35. The fourth-order valence-corrected chi connectivity index (χ4v) is 2.94. The first-order chi connectivity index (χ1) is 13.5. The minimum atomic E-state index is -0.107. The van der Waals surface area contributed by atoms with Crippen LogP contribution in [0.15, 0.2) is 53.1 Å². The number of benzene rings is 2. The van der Waals surface area contributed by atoms with Crippen LogP contribution in [0.25, 0.3) is 11.3 Å². The minimum absolute atomic E-state index is 0.107. The van der Waals surface area contributed by atoms with E-state index < -0.39 is 0 Å². The number of aryl methyl sites for hydroxylation is 2. The lowest BCUT2D eigenvalue weighted by Gasteiger charge is -2.10. The van der Waals surface area contributed by atoms with Crippen LogP contribution in [-0.2, 0) is 11.2 Å². The number of nitrogens with zero attached hydrogens (tertiary/aromatic N) is 1. The van der Waals surface area contributed by atoms with Crippen LogP contribution in [0.2, 0.25) is 0 Å². The molecule has 0 saturated carbocycles. The van der Waals surface area contributed by atoms with Crippen LogP contribution in [-0.4, -0.2) is 18.0 Å². The van der Waals surface area contributed by atoms with Crippen molar-refractivity contribution in [1.29, 1.82) is 0 Å². The lowest BCUT2D eigenvalue weighted by atomic mass is 10.0. The van der Waals surface area contributed by atoms with Crippen molar-refractivity contribution in [3.05, 3.63) is 65.7 Å². The molecular weight excluding hydrogens is 352 g/mol. The third-order valence-corrected chi connectivity index (χ3v) is 4.61. The number of carbonyl (C=O) groups is 1. The molecule has 3 rings (SSSR count). The highest BCUT2D eigenvalue weighted by Crippen LogP contribution is 2.26. The zero-order valence-corrected chi connectivity index (χ0v) is 16.8. The molecule has 1 heterocycles. The molecule has 0 bridgehead atoms. The smallest absolute Gasteiger partial charge is 0.224 e. The molecule has 146 valence electrons. The molecule has 0 fully saturated rings. The Morgan fingerprint density at radius 3 is 2.61 bits per heavy atom. The molecule has 0 atom stereocenters. The number of hydrogen-bond donors (Lipinski definition) is 1. The quantitative estimate of drug-likeness (QED) is 0.602. The molecule has 0 aliphatic heterocycles. The van der Waals surface area contributed by atoms with Crippen molar-refractivity contribution in [2.45, 2.75) is 39.5 Å². The van der Waals surface area contributed by atoms with Crippen LogP contribution >= 0.6 is 0 Å². The van der Waals surface area contributed by atoms with Gasteiger partial charge in [0.2, 0.25) is 5.91 Å². The van der Waals surface area contributed by atoms with Gasteiger partial charge in [0.25, 0.3) is 0 Å². The number of hydrogen-bond acceptors (Lipinski definition) is 4. The number of aromatic nitrogens is 1. The molecule has 1 aromatic heterocycles. The van der Waals surface area contributed by atoms with Gasteiger partial charge in [0.1, 0.15) is 5.75 Å². The van der Waals surface area contributed by atoms with Crippen LogP contribution in [0.5, 0.6) is 5.75 Å². The van der Waals surface area contributed by atoms with Gasteiger partial charge in [0.05, 0.1) is 19.0 Å². The summed E-state index contributed by atoms with van der Waals surface area (Å²) in [6.07, 6.45) is 2.43. The van der Waals surface area contributed by atoms with E-state index in [1.54, 1.807) is 13.3 Å². The van der Waals surface area contributed by atoms with E-state index in [0.29, 0.717) is 35.4 Å². The van der Waals surface area contributed by atoms with Crippen molar-refractivity contribution in [2.75, 3.05) is 12.4 Å². The maximum Gasteiger partial charge on any atom is 0.224 e. The van der Waals surface area contributed by atoms with Gasteiger partial charge < -0.3 is 14.5 Å². The summed E-state index contributed by atoms with van der Waals surface area (Å²) >= 11 is 0. The van der Waals surface area contributed by atoms with E-state index in [0.717, 1.165) is 11.1 Å². The van der Waals surface area contributed by atoms with E-state index >= 15 is 0 Å². The van der Waals surface area contributed by atoms with Gasteiger partial charge in [0, 0.05) is 18.4 Å². The third-order valence-electron chi connectivity index (χ3n) is 4.61. The molecule has 0 radical (unpaired) electrons. The van der Waals surface area contributed by atoms with Gasteiger partial charge in [-0.15, -0.1) is 0 Å². The highest BCUT2D eigenvalue weighted by molar-refractivity contribution is 5.92. The van der Waals surface area contributed by atoms with E-state index in [1.807, 2.05) is 37.3 Å². The highest BCUT2D eigenvalue weighted by Gasteiger charge is 2.12. The van der Waals surface area contributed by atoms with Gasteiger partial charge in [0.15, 0.2) is 11.7 Å². The first-order valence-corrected chi connectivity index (χ1v) is 9.46. The summed E-state index contributed by atoms with van der Waals surface area (Å²) in [6, 6.07) is 14.0. The van der Waals surface area contributed by atoms with Gasteiger partial charge in [-0.1, -0.05) is 44.2 Å². The van der Waals surface area contributed by atoms with E-state index in [2.05, 4.69) is 36.3 Å². The lowest BCUT2D eigenvalue weighted by Crippen LogP contribution is -2.13. The number of anilines is 1. The molecule has 0 spiro atoms. The molecule has 0 saturated heterocycles. The second kappa shape index (κ2) is 8.74. The fraction of sp³-hybridized carbons (Fsp3) is 0.304. The molecule has 2 aromatic carbocycles. The number of oxazole rings is 1. The van der Waals surface area contributed by atoms with E-state index in [9.17, 15) is 4.79 Å². The topological polar surface area (TPSA) is 64.4 Å². The number of amides is 1. The van der Waals surface area contributed by atoms with Crippen LogP contribution in [0.1, 0.15) is 43.2 Å². The normalized spacial score (nSPS) is 10.9. The van der Waals surface area contributed by atoms with Gasteiger partial charge in [-0.3, -0.25) is 4.79 Å². The van der Waals surface area contributed by atoms with E-state index in [-0.39, 0.29) is 12.3 Å². The molecule has 0 aliphatic rings. The monoisotopic (exact) mass is 378 g/mol. The van der Waals surface area contributed by atoms with Crippen molar-refractivity contribution < 1.29 is 13.9 Å². The Balaban J connectivity index is 1.60. The average Bonchev–Trinajstić information content (AvgIpc) is 3.16. The summed E-state index contributed by atoms with van der Waals surface area (Å²) in [7, 11) is 1.59. The highest BCUT2D eigenvalue weighted by atomic mass is 16.5. The lowest BCUT2D eigenvalue weighted by molar-refractivity contribution is -0.116. The number of carbonyl (C=O) groups excluding carboxylic acids is 1. The molecule has 1 amide bonds. The summed E-state index contributed by atoms with van der Waals surface area (Å²) in [5.74, 6) is 2.29. The Morgan fingerprint density at radius 1 is 1.18 bits per heavy atom. The Morgan fingerprint density at radius 2 is 1.93 bits per heavy atom. The average molecular weight is 378 g/mol. The zero-order valence-electron chi connectivity index (χ0n) is 16.8. The van der Waals surface area contributed by atoms with Gasteiger partial charge in [-0.25, -0.2) is 4.98 Å².